The molecular formula is C8H12O4. The number of ether oxygens (including phenoxy) is 1. The summed E-state index contributed by atoms with van der Waals surface area (Å²) in [5.74, 6) is -0.231. The standard InChI is InChI=1S/C8H12O4/c9-4-8-3-6(10)1-5(8)2-7(11)12-8/h5-6,9-10H,1-4H2. The Hall–Kier alpha value is -0.610. The SMILES string of the molecule is O=C1CC2CC(O)CC2(CO)O1. The van der Waals surface area contributed by atoms with Crippen molar-refractivity contribution < 1.29 is 19.7 Å². The molecule has 0 aromatic heterocycles. The van der Waals surface area contributed by atoms with Gasteiger partial charge in [-0.2, -0.15) is 0 Å². The molecule has 0 amide bonds. The summed E-state index contributed by atoms with van der Waals surface area (Å²) in [6.45, 7) is -0.166. The first-order valence-electron chi connectivity index (χ1n) is 4.17. The summed E-state index contributed by atoms with van der Waals surface area (Å²) in [5.41, 5.74) is -0.753. The van der Waals surface area contributed by atoms with Crippen molar-refractivity contribution in [3.63, 3.8) is 0 Å². The molecule has 3 atom stereocenters. The molecule has 1 aliphatic heterocycles. The molecule has 1 saturated carbocycles. The number of carbonyl (C=O) groups is 1. The molecule has 0 spiro atoms. The number of fused-ring (bicyclic) bond motifs is 1. The van der Waals surface area contributed by atoms with Crippen molar-refractivity contribution in [2.45, 2.75) is 31.0 Å². The van der Waals surface area contributed by atoms with Gasteiger partial charge in [0.05, 0.1) is 19.1 Å². The summed E-state index contributed by atoms with van der Waals surface area (Å²) in [7, 11) is 0. The molecule has 1 heterocycles. The highest BCUT2D eigenvalue weighted by Gasteiger charge is 2.54. The van der Waals surface area contributed by atoms with Gasteiger partial charge in [-0.15, -0.1) is 0 Å². The van der Waals surface area contributed by atoms with Gasteiger partial charge in [-0.3, -0.25) is 4.79 Å². The van der Waals surface area contributed by atoms with E-state index in [1.807, 2.05) is 0 Å². The van der Waals surface area contributed by atoms with Crippen LogP contribution in [-0.4, -0.2) is 34.5 Å². The van der Waals surface area contributed by atoms with Gasteiger partial charge in [-0.05, 0) is 6.42 Å². The largest absolute Gasteiger partial charge is 0.456 e. The number of hydrogen-bond donors (Lipinski definition) is 2. The summed E-state index contributed by atoms with van der Waals surface area (Å²) in [6, 6.07) is 0. The highest BCUT2D eigenvalue weighted by Crippen LogP contribution is 2.45. The maximum Gasteiger partial charge on any atom is 0.306 e. The lowest BCUT2D eigenvalue weighted by molar-refractivity contribution is -0.153. The van der Waals surface area contributed by atoms with Gasteiger partial charge in [-0.1, -0.05) is 0 Å². The van der Waals surface area contributed by atoms with Crippen LogP contribution in [0.1, 0.15) is 19.3 Å². The molecule has 4 heteroatoms. The molecular weight excluding hydrogens is 160 g/mol. The Balaban J connectivity index is 2.21. The van der Waals surface area contributed by atoms with Crippen molar-refractivity contribution in [3.05, 3.63) is 0 Å². The van der Waals surface area contributed by atoms with Crippen LogP contribution in [0.2, 0.25) is 0 Å². The van der Waals surface area contributed by atoms with E-state index < -0.39 is 11.7 Å². The van der Waals surface area contributed by atoms with E-state index in [9.17, 15) is 9.90 Å². The van der Waals surface area contributed by atoms with Gasteiger partial charge in [0.1, 0.15) is 5.60 Å². The monoisotopic (exact) mass is 172 g/mol. The van der Waals surface area contributed by atoms with Crippen LogP contribution >= 0.6 is 0 Å². The Labute approximate surface area is 70.1 Å². The van der Waals surface area contributed by atoms with Crippen LogP contribution in [-0.2, 0) is 9.53 Å². The van der Waals surface area contributed by atoms with E-state index in [1.165, 1.54) is 0 Å². The highest BCUT2D eigenvalue weighted by molar-refractivity contribution is 5.73. The molecule has 3 unspecified atom stereocenters. The zero-order chi connectivity index (χ0) is 8.77. The first kappa shape index (κ1) is 8.01. The van der Waals surface area contributed by atoms with Crippen LogP contribution in [0.25, 0.3) is 0 Å². The summed E-state index contributed by atoms with van der Waals surface area (Å²) in [6.07, 6.45) is 0.888. The number of rotatable bonds is 1. The second kappa shape index (κ2) is 2.44. The lowest BCUT2D eigenvalue weighted by Crippen LogP contribution is -2.35. The fourth-order valence-corrected chi connectivity index (χ4v) is 2.28. The van der Waals surface area contributed by atoms with Gasteiger partial charge >= 0.3 is 5.97 Å². The molecule has 2 fully saturated rings. The van der Waals surface area contributed by atoms with E-state index in [1.54, 1.807) is 0 Å². The average Bonchev–Trinajstić information content (AvgIpc) is 2.40. The van der Waals surface area contributed by atoms with Crippen LogP contribution in [0, 0.1) is 5.92 Å². The summed E-state index contributed by atoms with van der Waals surface area (Å²) >= 11 is 0. The molecule has 0 aromatic rings. The third-order valence-corrected chi connectivity index (χ3v) is 2.88. The van der Waals surface area contributed by atoms with Crippen molar-refractivity contribution in [2.24, 2.45) is 5.92 Å². The number of esters is 1. The molecule has 0 aromatic carbocycles. The third kappa shape index (κ3) is 0.949. The molecule has 2 aliphatic rings. The Morgan fingerprint density at radius 2 is 2.42 bits per heavy atom. The van der Waals surface area contributed by atoms with Gasteiger partial charge in [0.15, 0.2) is 0 Å². The van der Waals surface area contributed by atoms with Crippen molar-refractivity contribution in [3.8, 4) is 0 Å². The molecule has 12 heavy (non-hydrogen) atoms. The molecule has 2 rings (SSSR count). The Morgan fingerprint density at radius 1 is 1.67 bits per heavy atom. The number of hydrogen-bond acceptors (Lipinski definition) is 4. The zero-order valence-corrected chi connectivity index (χ0v) is 6.69. The van der Waals surface area contributed by atoms with Crippen LogP contribution in [0.5, 0.6) is 0 Å². The fraction of sp³-hybridized carbons (Fsp3) is 0.875. The van der Waals surface area contributed by atoms with Crippen LogP contribution < -0.4 is 0 Å². The van der Waals surface area contributed by atoms with Gasteiger partial charge < -0.3 is 14.9 Å². The third-order valence-electron chi connectivity index (χ3n) is 2.88. The fourth-order valence-electron chi connectivity index (χ4n) is 2.28. The Morgan fingerprint density at radius 3 is 3.00 bits per heavy atom. The lowest BCUT2D eigenvalue weighted by Gasteiger charge is -2.24. The van der Waals surface area contributed by atoms with E-state index in [-0.39, 0.29) is 18.5 Å². The maximum atomic E-state index is 10.9. The Bertz CT molecular complexity index is 215. The molecule has 1 saturated heterocycles. The van der Waals surface area contributed by atoms with Crippen LogP contribution in [0.3, 0.4) is 0 Å². The second-order valence-corrected chi connectivity index (χ2v) is 3.69. The van der Waals surface area contributed by atoms with Gasteiger partial charge in [0.25, 0.3) is 0 Å². The van der Waals surface area contributed by atoms with Gasteiger partial charge in [0, 0.05) is 12.3 Å². The predicted octanol–water partition coefficient (Wildman–Crippen LogP) is -0.565. The lowest BCUT2D eigenvalue weighted by atomic mass is 9.92. The molecule has 1 aliphatic carbocycles. The maximum absolute atomic E-state index is 10.9. The first-order valence-corrected chi connectivity index (χ1v) is 4.17. The van der Waals surface area contributed by atoms with Crippen LogP contribution in [0.4, 0.5) is 0 Å². The van der Waals surface area contributed by atoms with Crippen molar-refractivity contribution >= 4 is 5.97 Å². The summed E-state index contributed by atoms with van der Waals surface area (Å²) in [5, 5.41) is 18.4. The minimum Gasteiger partial charge on any atom is -0.456 e. The second-order valence-electron chi connectivity index (χ2n) is 3.69. The Kier molecular flexibility index (Phi) is 1.63. The molecule has 0 radical (unpaired) electrons. The van der Waals surface area contributed by atoms with Gasteiger partial charge in [-0.25, -0.2) is 0 Å². The number of carbonyl (C=O) groups excluding carboxylic acids is 1. The summed E-state index contributed by atoms with van der Waals surface area (Å²) < 4.78 is 5.04. The minimum absolute atomic E-state index is 0.0185. The molecule has 0 bridgehead atoms. The van der Waals surface area contributed by atoms with Crippen molar-refractivity contribution in [2.75, 3.05) is 6.61 Å². The number of aliphatic hydroxyl groups excluding tert-OH is 2. The highest BCUT2D eigenvalue weighted by atomic mass is 16.6. The summed E-state index contributed by atoms with van der Waals surface area (Å²) in [4.78, 5) is 10.9. The van der Waals surface area contributed by atoms with Crippen molar-refractivity contribution in [1.82, 2.24) is 0 Å². The molecule has 68 valence electrons. The van der Waals surface area contributed by atoms with Crippen LogP contribution in [0.15, 0.2) is 0 Å². The topological polar surface area (TPSA) is 66.8 Å². The van der Waals surface area contributed by atoms with E-state index in [0.29, 0.717) is 19.3 Å². The van der Waals surface area contributed by atoms with Crippen molar-refractivity contribution in [1.29, 1.82) is 0 Å². The molecule has 4 nitrogen and oxygen atoms in total. The van der Waals surface area contributed by atoms with Gasteiger partial charge in [0.2, 0.25) is 0 Å². The van der Waals surface area contributed by atoms with E-state index in [4.69, 9.17) is 9.84 Å². The van der Waals surface area contributed by atoms with E-state index in [0.717, 1.165) is 0 Å². The predicted molar refractivity (Wildman–Crippen MR) is 39.3 cm³/mol. The van der Waals surface area contributed by atoms with E-state index in [2.05, 4.69) is 0 Å². The average molecular weight is 172 g/mol. The molecule has 2 N–H and O–H groups in total. The van der Waals surface area contributed by atoms with E-state index >= 15 is 0 Å². The normalized spacial score (nSPS) is 46.0. The zero-order valence-electron chi connectivity index (χ0n) is 6.69. The number of aliphatic hydroxyl groups is 2. The first-order chi connectivity index (χ1) is 5.66. The smallest absolute Gasteiger partial charge is 0.306 e. The minimum atomic E-state index is -0.753. The quantitative estimate of drug-likeness (QED) is 0.520.